The molecule has 1 aliphatic heterocycles. The van der Waals surface area contributed by atoms with Gasteiger partial charge in [-0.1, -0.05) is 24.6 Å². The summed E-state index contributed by atoms with van der Waals surface area (Å²) in [5, 5.41) is 3.03. The van der Waals surface area contributed by atoms with Gasteiger partial charge in [0.25, 0.3) is 0 Å². The fraction of sp³-hybridized carbons (Fsp3) is 0.588. The van der Waals surface area contributed by atoms with Gasteiger partial charge >= 0.3 is 0 Å². The van der Waals surface area contributed by atoms with Gasteiger partial charge in [-0.05, 0) is 38.4 Å². The van der Waals surface area contributed by atoms with Crippen molar-refractivity contribution in [3.05, 3.63) is 29.3 Å². The first-order valence-corrected chi connectivity index (χ1v) is 7.90. The van der Waals surface area contributed by atoms with Gasteiger partial charge in [0.05, 0.1) is 6.54 Å². The van der Waals surface area contributed by atoms with E-state index in [1.54, 1.807) is 0 Å². The zero-order valence-corrected chi connectivity index (χ0v) is 13.5. The van der Waals surface area contributed by atoms with Crippen molar-refractivity contribution >= 4 is 11.6 Å². The van der Waals surface area contributed by atoms with Crippen molar-refractivity contribution in [3.8, 4) is 0 Å². The maximum atomic E-state index is 12.2. The van der Waals surface area contributed by atoms with Crippen LogP contribution in [-0.4, -0.2) is 55.0 Å². The van der Waals surface area contributed by atoms with E-state index in [0.29, 0.717) is 6.54 Å². The standard InChI is InChI=1S/C17H27N3O/c1-4-7-19-8-10-20(11-9-19)13-17(21)18-16-6-5-14(2)12-15(16)3/h5-6,12H,4,7-11,13H2,1-3H3,(H,18,21). The van der Waals surface area contributed by atoms with E-state index in [9.17, 15) is 4.79 Å². The van der Waals surface area contributed by atoms with Crippen molar-refractivity contribution < 1.29 is 4.79 Å². The molecule has 1 heterocycles. The molecule has 0 unspecified atom stereocenters. The zero-order chi connectivity index (χ0) is 15.2. The Balaban J connectivity index is 1.80. The number of carbonyl (C=O) groups is 1. The van der Waals surface area contributed by atoms with E-state index >= 15 is 0 Å². The molecule has 1 aliphatic rings. The Labute approximate surface area is 128 Å². The second kappa shape index (κ2) is 7.57. The maximum Gasteiger partial charge on any atom is 0.238 e. The van der Waals surface area contributed by atoms with Crippen LogP contribution in [0.1, 0.15) is 24.5 Å². The number of hydrogen-bond donors (Lipinski definition) is 1. The molecule has 0 aromatic heterocycles. The Morgan fingerprint density at radius 2 is 1.81 bits per heavy atom. The molecule has 1 fully saturated rings. The summed E-state index contributed by atoms with van der Waals surface area (Å²) in [6.07, 6.45) is 1.20. The molecule has 2 rings (SSSR count). The third-order valence-electron chi connectivity index (χ3n) is 4.03. The number of aryl methyl sites for hydroxylation is 2. The van der Waals surface area contributed by atoms with Gasteiger partial charge in [-0.2, -0.15) is 0 Å². The number of piperazine rings is 1. The van der Waals surface area contributed by atoms with E-state index in [1.165, 1.54) is 18.5 Å². The summed E-state index contributed by atoms with van der Waals surface area (Å²) in [6.45, 7) is 12.1. The molecule has 0 radical (unpaired) electrons. The molecule has 0 bridgehead atoms. The van der Waals surface area contributed by atoms with Gasteiger partial charge in [0.15, 0.2) is 0 Å². The van der Waals surface area contributed by atoms with Crippen molar-refractivity contribution in [2.24, 2.45) is 0 Å². The lowest BCUT2D eigenvalue weighted by atomic mass is 10.1. The molecule has 1 aromatic carbocycles. The Morgan fingerprint density at radius 1 is 1.14 bits per heavy atom. The van der Waals surface area contributed by atoms with Gasteiger partial charge in [0.1, 0.15) is 0 Å². The summed E-state index contributed by atoms with van der Waals surface area (Å²) in [5.74, 6) is 0.0888. The summed E-state index contributed by atoms with van der Waals surface area (Å²) >= 11 is 0. The molecule has 1 amide bonds. The second-order valence-corrected chi connectivity index (χ2v) is 5.98. The fourth-order valence-electron chi connectivity index (χ4n) is 2.83. The van der Waals surface area contributed by atoms with Gasteiger partial charge in [0.2, 0.25) is 5.91 Å². The smallest absolute Gasteiger partial charge is 0.238 e. The molecule has 4 nitrogen and oxygen atoms in total. The molecule has 0 aliphatic carbocycles. The van der Waals surface area contributed by atoms with Crippen molar-refractivity contribution in [2.45, 2.75) is 27.2 Å². The summed E-state index contributed by atoms with van der Waals surface area (Å²) < 4.78 is 0. The predicted octanol–water partition coefficient (Wildman–Crippen LogP) is 2.27. The molecule has 4 heteroatoms. The van der Waals surface area contributed by atoms with E-state index in [0.717, 1.165) is 37.4 Å². The first kappa shape index (κ1) is 16.0. The predicted molar refractivity (Wildman–Crippen MR) is 87.7 cm³/mol. The molecular weight excluding hydrogens is 262 g/mol. The minimum absolute atomic E-state index is 0.0888. The average Bonchev–Trinajstić information content (AvgIpc) is 2.44. The normalized spacial score (nSPS) is 16.9. The van der Waals surface area contributed by atoms with Crippen molar-refractivity contribution in [1.29, 1.82) is 0 Å². The van der Waals surface area contributed by atoms with Crippen LogP contribution in [0.2, 0.25) is 0 Å². The Bertz CT molecular complexity index is 479. The summed E-state index contributed by atoms with van der Waals surface area (Å²) in [7, 11) is 0. The van der Waals surface area contributed by atoms with E-state index in [-0.39, 0.29) is 5.91 Å². The molecule has 0 atom stereocenters. The van der Waals surface area contributed by atoms with E-state index in [4.69, 9.17) is 0 Å². The topological polar surface area (TPSA) is 35.6 Å². The molecule has 0 saturated carbocycles. The highest BCUT2D eigenvalue weighted by molar-refractivity contribution is 5.93. The van der Waals surface area contributed by atoms with Gasteiger partial charge in [-0.3, -0.25) is 9.69 Å². The Morgan fingerprint density at radius 3 is 2.43 bits per heavy atom. The number of nitrogens with zero attached hydrogens (tertiary/aromatic N) is 2. The lowest BCUT2D eigenvalue weighted by molar-refractivity contribution is -0.117. The first-order chi connectivity index (χ1) is 10.1. The van der Waals surface area contributed by atoms with Gasteiger partial charge in [-0.25, -0.2) is 0 Å². The average molecular weight is 289 g/mol. The molecule has 1 aromatic rings. The van der Waals surface area contributed by atoms with Crippen LogP contribution in [0.25, 0.3) is 0 Å². The number of carbonyl (C=O) groups excluding carboxylic acids is 1. The highest BCUT2D eigenvalue weighted by Gasteiger charge is 2.18. The fourth-order valence-corrected chi connectivity index (χ4v) is 2.83. The minimum Gasteiger partial charge on any atom is -0.325 e. The molecular formula is C17H27N3O. The molecule has 0 spiro atoms. The highest BCUT2D eigenvalue weighted by atomic mass is 16.2. The molecule has 1 N–H and O–H groups in total. The number of amides is 1. The van der Waals surface area contributed by atoms with Crippen LogP contribution < -0.4 is 5.32 Å². The van der Waals surface area contributed by atoms with Crippen LogP contribution in [-0.2, 0) is 4.79 Å². The number of anilines is 1. The van der Waals surface area contributed by atoms with E-state index in [2.05, 4.69) is 35.0 Å². The summed E-state index contributed by atoms with van der Waals surface area (Å²) in [4.78, 5) is 16.9. The van der Waals surface area contributed by atoms with E-state index in [1.807, 2.05) is 19.1 Å². The minimum atomic E-state index is 0.0888. The van der Waals surface area contributed by atoms with Gasteiger partial charge < -0.3 is 10.2 Å². The maximum absolute atomic E-state index is 12.2. The molecule has 1 saturated heterocycles. The van der Waals surface area contributed by atoms with Crippen molar-refractivity contribution in [1.82, 2.24) is 9.80 Å². The van der Waals surface area contributed by atoms with Crippen LogP contribution in [0, 0.1) is 13.8 Å². The second-order valence-electron chi connectivity index (χ2n) is 5.98. The van der Waals surface area contributed by atoms with Gasteiger partial charge in [0, 0.05) is 31.9 Å². The van der Waals surface area contributed by atoms with Crippen LogP contribution in [0.15, 0.2) is 18.2 Å². The number of hydrogen-bond acceptors (Lipinski definition) is 3. The van der Waals surface area contributed by atoms with Crippen LogP contribution in [0.5, 0.6) is 0 Å². The lowest BCUT2D eigenvalue weighted by Crippen LogP contribution is -2.48. The monoisotopic (exact) mass is 289 g/mol. The third-order valence-corrected chi connectivity index (χ3v) is 4.03. The summed E-state index contributed by atoms with van der Waals surface area (Å²) in [6, 6.07) is 6.12. The Kier molecular flexibility index (Phi) is 5.76. The third kappa shape index (κ3) is 4.83. The number of nitrogens with one attached hydrogen (secondary N) is 1. The SMILES string of the molecule is CCCN1CCN(CC(=O)Nc2ccc(C)cc2C)CC1. The van der Waals surface area contributed by atoms with Crippen LogP contribution in [0.4, 0.5) is 5.69 Å². The lowest BCUT2D eigenvalue weighted by Gasteiger charge is -2.34. The highest BCUT2D eigenvalue weighted by Crippen LogP contribution is 2.16. The van der Waals surface area contributed by atoms with Crippen molar-refractivity contribution in [2.75, 3.05) is 44.6 Å². The van der Waals surface area contributed by atoms with E-state index < -0.39 is 0 Å². The molecule has 21 heavy (non-hydrogen) atoms. The first-order valence-electron chi connectivity index (χ1n) is 7.90. The zero-order valence-electron chi connectivity index (χ0n) is 13.5. The number of rotatable bonds is 5. The number of benzene rings is 1. The molecule has 116 valence electrons. The quantitative estimate of drug-likeness (QED) is 0.903. The van der Waals surface area contributed by atoms with Crippen LogP contribution in [0.3, 0.4) is 0 Å². The van der Waals surface area contributed by atoms with Crippen molar-refractivity contribution in [3.63, 3.8) is 0 Å². The van der Waals surface area contributed by atoms with Gasteiger partial charge in [-0.15, -0.1) is 0 Å². The van der Waals surface area contributed by atoms with Crippen LogP contribution >= 0.6 is 0 Å². The largest absolute Gasteiger partial charge is 0.325 e. The summed E-state index contributed by atoms with van der Waals surface area (Å²) in [5.41, 5.74) is 3.27. The Hall–Kier alpha value is -1.39.